The van der Waals surface area contributed by atoms with Gasteiger partial charge in [-0.15, -0.1) is 0 Å². The number of rotatable bonds is 6. The van der Waals surface area contributed by atoms with Crippen molar-refractivity contribution in [3.8, 4) is 5.75 Å². The Balaban J connectivity index is 2.00. The van der Waals surface area contributed by atoms with E-state index in [1.54, 1.807) is 55.6 Å². The summed E-state index contributed by atoms with van der Waals surface area (Å²) >= 11 is 0. The summed E-state index contributed by atoms with van der Waals surface area (Å²) in [4.78, 5) is 24.2. The largest absolute Gasteiger partial charge is 0.497 e. The Morgan fingerprint density at radius 3 is 2.04 bits per heavy atom. The van der Waals surface area contributed by atoms with Crippen molar-refractivity contribution in [1.29, 1.82) is 0 Å². The van der Waals surface area contributed by atoms with Gasteiger partial charge in [-0.1, -0.05) is 6.92 Å². The van der Waals surface area contributed by atoms with Crippen LogP contribution < -0.4 is 15.4 Å². The van der Waals surface area contributed by atoms with Crippen molar-refractivity contribution in [2.75, 3.05) is 12.4 Å². The van der Waals surface area contributed by atoms with Crippen LogP contribution in [-0.4, -0.2) is 25.0 Å². The average molecular weight is 326 g/mol. The highest BCUT2D eigenvalue weighted by atomic mass is 16.5. The van der Waals surface area contributed by atoms with E-state index in [0.717, 1.165) is 6.42 Å². The van der Waals surface area contributed by atoms with Gasteiger partial charge in [0, 0.05) is 22.9 Å². The molecule has 1 atom stereocenters. The fraction of sp³-hybridized carbons (Fsp3) is 0.263. The standard InChI is InChI=1S/C19H22N2O3/c1-4-13(2)20-18(22)14-5-9-16(10-6-14)21-19(23)15-7-11-17(24-3)12-8-15/h5-13H,4H2,1-3H3,(H,20,22)(H,21,23)/t13-/m0/s1. The van der Waals surface area contributed by atoms with E-state index in [1.807, 2.05) is 13.8 Å². The molecule has 0 fully saturated rings. The number of carbonyl (C=O) groups excluding carboxylic acids is 2. The molecule has 2 aromatic carbocycles. The Bertz CT molecular complexity index is 694. The van der Waals surface area contributed by atoms with Crippen LogP contribution in [0.25, 0.3) is 0 Å². The van der Waals surface area contributed by atoms with Crippen LogP contribution >= 0.6 is 0 Å². The monoisotopic (exact) mass is 326 g/mol. The van der Waals surface area contributed by atoms with Gasteiger partial charge in [0.15, 0.2) is 0 Å². The summed E-state index contributed by atoms with van der Waals surface area (Å²) in [6.07, 6.45) is 0.877. The van der Waals surface area contributed by atoms with E-state index >= 15 is 0 Å². The van der Waals surface area contributed by atoms with Gasteiger partial charge in [-0.2, -0.15) is 0 Å². The summed E-state index contributed by atoms with van der Waals surface area (Å²) in [5.74, 6) is 0.370. The molecule has 126 valence electrons. The number of hydrogen-bond donors (Lipinski definition) is 2. The molecule has 0 aliphatic heterocycles. The minimum Gasteiger partial charge on any atom is -0.497 e. The topological polar surface area (TPSA) is 67.4 Å². The van der Waals surface area contributed by atoms with Crippen LogP contribution in [0.5, 0.6) is 5.75 Å². The average Bonchev–Trinajstić information content (AvgIpc) is 2.62. The molecule has 0 bridgehead atoms. The Morgan fingerprint density at radius 2 is 1.50 bits per heavy atom. The molecule has 24 heavy (non-hydrogen) atoms. The van der Waals surface area contributed by atoms with E-state index in [4.69, 9.17) is 4.74 Å². The Hall–Kier alpha value is -2.82. The lowest BCUT2D eigenvalue weighted by Crippen LogP contribution is -2.31. The van der Waals surface area contributed by atoms with Gasteiger partial charge in [0.2, 0.25) is 0 Å². The molecule has 2 amide bonds. The minimum absolute atomic E-state index is 0.114. The molecule has 0 saturated carbocycles. The molecule has 2 aromatic rings. The van der Waals surface area contributed by atoms with E-state index in [0.29, 0.717) is 22.6 Å². The van der Waals surface area contributed by atoms with Crippen molar-refractivity contribution >= 4 is 17.5 Å². The maximum Gasteiger partial charge on any atom is 0.255 e. The number of amides is 2. The smallest absolute Gasteiger partial charge is 0.255 e. The lowest BCUT2D eigenvalue weighted by atomic mass is 10.1. The fourth-order valence-electron chi connectivity index (χ4n) is 2.06. The van der Waals surface area contributed by atoms with E-state index in [9.17, 15) is 9.59 Å². The minimum atomic E-state index is -0.213. The van der Waals surface area contributed by atoms with Gasteiger partial charge >= 0.3 is 0 Å². The molecule has 0 heterocycles. The zero-order chi connectivity index (χ0) is 17.5. The number of nitrogens with one attached hydrogen (secondary N) is 2. The number of ether oxygens (including phenoxy) is 1. The molecular formula is C19H22N2O3. The van der Waals surface area contributed by atoms with Crippen molar-refractivity contribution < 1.29 is 14.3 Å². The molecule has 0 aliphatic carbocycles. The van der Waals surface area contributed by atoms with Crippen LogP contribution in [0.1, 0.15) is 41.0 Å². The first-order valence-corrected chi connectivity index (χ1v) is 7.89. The molecule has 0 spiro atoms. The van der Waals surface area contributed by atoms with Crippen LogP contribution in [0.2, 0.25) is 0 Å². The molecule has 5 nitrogen and oxygen atoms in total. The van der Waals surface area contributed by atoms with Crippen LogP contribution in [0.15, 0.2) is 48.5 Å². The van der Waals surface area contributed by atoms with Gasteiger partial charge in [0.1, 0.15) is 5.75 Å². The summed E-state index contributed by atoms with van der Waals surface area (Å²) in [5, 5.41) is 5.71. The maximum absolute atomic E-state index is 12.2. The first kappa shape index (κ1) is 17.5. The zero-order valence-electron chi connectivity index (χ0n) is 14.1. The third-order valence-electron chi connectivity index (χ3n) is 3.75. The first-order chi connectivity index (χ1) is 11.5. The number of anilines is 1. The summed E-state index contributed by atoms with van der Waals surface area (Å²) < 4.78 is 5.07. The third-order valence-corrected chi connectivity index (χ3v) is 3.75. The summed E-state index contributed by atoms with van der Waals surface area (Å²) in [6, 6.07) is 13.8. The van der Waals surface area contributed by atoms with Gasteiger partial charge < -0.3 is 15.4 Å². The number of methoxy groups -OCH3 is 1. The molecule has 0 saturated heterocycles. The van der Waals surface area contributed by atoms with Gasteiger partial charge in [0.05, 0.1) is 7.11 Å². The van der Waals surface area contributed by atoms with Crippen LogP contribution in [0.4, 0.5) is 5.69 Å². The second kappa shape index (κ2) is 8.15. The fourth-order valence-corrected chi connectivity index (χ4v) is 2.06. The number of hydrogen-bond acceptors (Lipinski definition) is 3. The Morgan fingerprint density at radius 1 is 0.958 bits per heavy atom. The number of carbonyl (C=O) groups is 2. The number of benzene rings is 2. The molecule has 0 aromatic heterocycles. The molecular weight excluding hydrogens is 304 g/mol. The third kappa shape index (κ3) is 4.59. The molecule has 2 rings (SSSR count). The second-order valence-corrected chi connectivity index (χ2v) is 5.54. The predicted molar refractivity (Wildman–Crippen MR) is 94.6 cm³/mol. The highest BCUT2D eigenvalue weighted by Gasteiger charge is 2.10. The van der Waals surface area contributed by atoms with E-state index in [-0.39, 0.29) is 17.9 Å². The summed E-state index contributed by atoms with van der Waals surface area (Å²) in [5.41, 5.74) is 1.74. The maximum atomic E-state index is 12.2. The lowest BCUT2D eigenvalue weighted by molar-refractivity contribution is 0.0938. The van der Waals surface area contributed by atoms with E-state index < -0.39 is 0 Å². The Kier molecular flexibility index (Phi) is 5.95. The van der Waals surface area contributed by atoms with Gasteiger partial charge in [0.25, 0.3) is 11.8 Å². The van der Waals surface area contributed by atoms with Crippen molar-refractivity contribution in [3.05, 3.63) is 59.7 Å². The first-order valence-electron chi connectivity index (χ1n) is 7.89. The molecule has 5 heteroatoms. The molecule has 2 N–H and O–H groups in total. The van der Waals surface area contributed by atoms with Crippen molar-refractivity contribution in [3.63, 3.8) is 0 Å². The van der Waals surface area contributed by atoms with Gasteiger partial charge in [-0.05, 0) is 61.9 Å². The highest BCUT2D eigenvalue weighted by molar-refractivity contribution is 6.04. The van der Waals surface area contributed by atoms with E-state index in [1.165, 1.54) is 0 Å². The molecule has 0 radical (unpaired) electrons. The summed E-state index contributed by atoms with van der Waals surface area (Å²) in [6.45, 7) is 3.98. The van der Waals surface area contributed by atoms with Gasteiger partial charge in [-0.25, -0.2) is 0 Å². The molecule has 0 unspecified atom stereocenters. The second-order valence-electron chi connectivity index (χ2n) is 5.54. The van der Waals surface area contributed by atoms with Crippen molar-refractivity contribution in [2.45, 2.75) is 26.3 Å². The van der Waals surface area contributed by atoms with Crippen LogP contribution in [0.3, 0.4) is 0 Å². The SMILES string of the molecule is CC[C@H](C)NC(=O)c1ccc(NC(=O)c2ccc(OC)cc2)cc1. The lowest BCUT2D eigenvalue weighted by Gasteiger charge is -2.12. The quantitative estimate of drug-likeness (QED) is 0.854. The van der Waals surface area contributed by atoms with Gasteiger partial charge in [-0.3, -0.25) is 9.59 Å². The zero-order valence-corrected chi connectivity index (χ0v) is 14.1. The highest BCUT2D eigenvalue weighted by Crippen LogP contribution is 2.14. The normalized spacial score (nSPS) is 11.5. The van der Waals surface area contributed by atoms with Crippen LogP contribution in [-0.2, 0) is 0 Å². The Labute approximate surface area is 142 Å². The van der Waals surface area contributed by atoms with Crippen molar-refractivity contribution in [2.24, 2.45) is 0 Å². The van der Waals surface area contributed by atoms with Crippen molar-refractivity contribution in [1.82, 2.24) is 5.32 Å². The molecule has 0 aliphatic rings. The summed E-state index contributed by atoms with van der Waals surface area (Å²) in [7, 11) is 1.58. The van der Waals surface area contributed by atoms with Crippen LogP contribution in [0, 0.1) is 0 Å². The predicted octanol–water partition coefficient (Wildman–Crippen LogP) is 3.48. The van der Waals surface area contributed by atoms with E-state index in [2.05, 4.69) is 10.6 Å².